The number of nitrogens with zero attached hydrogens (tertiary/aromatic N) is 3. The number of halogens is 2. The van der Waals surface area contributed by atoms with E-state index in [1.54, 1.807) is 0 Å². The fraction of sp³-hybridized carbons (Fsp3) is 0.167. The molecule has 1 atom stereocenters. The number of fused-ring (bicyclic) bond motifs is 1. The number of rotatable bonds is 2. The summed E-state index contributed by atoms with van der Waals surface area (Å²) in [4.78, 5) is 27.7. The number of amides is 1. The maximum absolute atomic E-state index is 13.1. The normalized spacial score (nSPS) is 17.0. The summed E-state index contributed by atoms with van der Waals surface area (Å²) in [5, 5.41) is 9.01. The van der Waals surface area contributed by atoms with Gasteiger partial charge in [0.05, 0.1) is 11.4 Å². The molecule has 7 nitrogen and oxygen atoms in total. The third-order valence-electron chi connectivity index (χ3n) is 2.97. The first-order valence-electron chi connectivity index (χ1n) is 6.00. The molecule has 0 fully saturated rings. The van der Waals surface area contributed by atoms with E-state index in [4.69, 9.17) is 11.6 Å². The highest BCUT2D eigenvalue weighted by molar-refractivity contribution is 6.31. The second kappa shape index (κ2) is 5.13. The minimum Gasteiger partial charge on any atom is -0.342 e. The first-order valence-corrected chi connectivity index (χ1v) is 6.38. The van der Waals surface area contributed by atoms with Crippen molar-refractivity contribution in [1.82, 2.24) is 14.8 Å². The predicted octanol–water partition coefficient (Wildman–Crippen LogP) is 1.53. The average Bonchev–Trinajstić information content (AvgIpc) is 2.92. The zero-order valence-electron chi connectivity index (χ0n) is 10.5. The molecule has 0 saturated carbocycles. The summed E-state index contributed by atoms with van der Waals surface area (Å²) in [7, 11) is 0. The molecule has 3 rings (SSSR count). The van der Waals surface area contributed by atoms with Crippen LogP contribution in [0, 0.1) is 5.82 Å². The van der Waals surface area contributed by atoms with Gasteiger partial charge in [-0.05, 0) is 18.2 Å². The van der Waals surface area contributed by atoms with Crippen LogP contribution in [0.5, 0.6) is 0 Å². The van der Waals surface area contributed by atoms with Gasteiger partial charge >= 0.3 is 0 Å². The maximum Gasteiger partial charge on any atom is 0.252 e. The van der Waals surface area contributed by atoms with Crippen LogP contribution in [0.4, 0.5) is 16.0 Å². The number of carbonyl (C=O) groups excluding carboxylic acids is 2. The van der Waals surface area contributed by atoms with Crippen LogP contribution >= 0.6 is 11.6 Å². The molecule has 0 bridgehead atoms. The molecule has 0 spiro atoms. The second-order valence-electron chi connectivity index (χ2n) is 4.41. The third-order valence-corrected chi connectivity index (χ3v) is 3.26. The third kappa shape index (κ3) is 2.57. The Morgan fingerprint density at radius 3 is 3.10 bits per heavy atom. The Bertz CT molecular complexity index is 732. The van der Waals surface area contributed by atoms with Crippen LogP contribution in [0.1, 0.15) is 11.2 Å². The summed E-state index contributed by atoms with van der Waals surface area (Å²) in [5.41, 5.74) is 0.340. The molecule has 0 saturated heterocycles. The summed E-state index contributed by atoms with van der Waals surface area (Å²) in [6.45, 7) is 0. The Morgan fingerprint density at radius 2 is 2.33 bits per heavy atom. The molecule has 108 valence electrons. The van der Waals surface area contributed by atoms with Crippen molar-refractivity contribution in [2.24, 2.45) is 0 Å². The Labute approximate surface area is 123 Å². The van der Waals surface area contributed by atoms with Crippen molar-refractivity contribution in [3.8, 4) is 0 Å². The van der Waals surface area contributed by atoms with E-state index < -0.39 is 17.8 Å². The van der Waals surface area contributed by atoms with Crippen LogP contribution in [0.15, 0.2) is 24.5 Å². The number of anilines is 2. The zero-order valence-corrected chi connectivity index (χ0v) is 11.3. The molecule has 21 heavy (non-hydrogen) atoms. The number of nitrogens with one attached hydrogen (secondary N) is 2. The number of hydrogen-bond donors (Lipinski definition) is 2. The zero-order chi connectivity index (χ0) is 15.0. The van der Waals surface area contributed by atoms with Crippen LogP contribution in [0.25, 0.3) is 0 Å². The first-order chi connectivity index (χ1) is 10.0. The molecule has 0 unspecified atom stereocenters. The molecule has 1 aromatic carbocycles. The molecule has 0 radical (unpaired) electrons. The predicted molar refractivity (Wildman–Crippen MR) is 72.7 cm³/mol. The lowest BCUT2D eigenvalue weighted by molar-refractivity contribution is -0.117. The maximum atomic E-state index is 13.1. The Morgan fingerprint density at radius 1 is 1.52 bits per heavy atom. The minimum absolute atomic E-state index is 0.0584. The van der Waals surface area contributed by atoms with Gasteiger partial charge in [0, 0.05) is 5.69 Å². The summed E-state index contributed by atoms with van der Waals surface area (Å²) in [5.74, 6) is -1.14. The smallest absolute Gasteiger partial charge is 0.252 e. The van der Waals surface area contributed by atoms with Gasteiger partial charge in [-0.15, -0.1) is 0 Å². The molecule has 1 amide bonds. The molecule has 0 aliphatic carbocycles. The van der Waals surface area contributed by atoms with Crippen molar-refractivity contribution in [3.63, 3.8) is 0 Å². The average molecular weight is 310 g/mol. The van der Waals surface area contributed by atoms with Gasteiger partial charge in [-0.2, -0.15) is 14.8 Å². The van der Waals surface area contributed by atoms with Crippen molar-refractivity contribution < 1.29 is 14.0 Å². The lowest BCUT2D eigenvalue weighted by Crippen LogP contribution is -2.42. The fourth-order valence-corrected chi connectivity index (χ4v) is 2.13. The second-order valence-corrected chi connectivity index (χ2v) is 4.82. The largest absolute Gasteiger partial charge is 0.342 e. The van der Waals surface area contributed by atoms with Gasteiger partial charge in [-0.3, -0.25) is 9.59 Å². The van der Waals surface area contributed by atoms with Crippen molar-refractivity contribution in [2.75, 3.05) is 10.6 Å². The molecule has 1 aliphatic heterocycles. The number of hydrogen-bond acceptors (Lipinski definition) is 5. The summed E-state index contributed by atoms with van der Waals surface area (Å²) < 4.78 is 14.1. The number of carbonyl (C=O) groups is 2. The summed E-state index contributed by atoms with van der Waals surface area (Å²) in [6.07, 6.45) is 1.16. The van der Waals surface area contributed by atoms with Gasteiger partial charge in [-0.25, -0.2) is 4.39 Å². The monoisotopic (exact) mass is 309 g/mol. The summed E-state index contributed by atoms with van der Waals surface area (Å²) in [6, 6.07) is 3.04. The highest BCUT2D eigenvalue weighted by Gasteiger charge is 2.30. The quantitative estimate of drug-likeness (QED) is 0.878. The van der Waals surface area contributed by atoms with Crippen molar-refractivity contribution in [2.45, 2.75) is 12.5 Å². The topological polar surface area (TPSA) is 88.9 Å². The molecule has 2 aromatic rings. The molecular formula is C12H9ClFN5O2. The molecule has 2 N–H and O–H groups in total. The molecule has 9 heteroatoms. The van der Waals surface area contributed by atoms with Crippen LogP contribution in [0.2, 0.25) is 5.02 Å². The van der Waals surface area contributed by atoms with Gasteiger partial charge in [0.1, 0.15) is 18.2 Å². The SMILES string of the molecule is O=C(Nc1ccc(F)c(Cl)c1)[C@H]1CC(=O)n2ncnc2N1. The Hall–Kier alpha value is -2.48. The van der Waals surface area contributed by atoms with Gasteiger partial charge in [-0.1, -0.05) is 11.6 Å². The lowest BCUT2D eigenvalue weighted by atomic mass is 10.1. The molecule has 1 aliphatic rings. The minimum atomic E-state index is -0.780. The van der Waals surface area contributed by atoms with E-state index in [0.29, 0.717) is 5.69 Å². The van der Waals surface area contributed by atoms with Gasteiger partial charge in [0.25, 0.3) is 5.91 Å². The molecular weight excluding hydrogens is 301 g/mol. The highest BCUT2D eigenvalue weighted by atomic mass is 35.5. The summed E-state index contributed by atoms with van der Waals surface area (Å²) >= 11 is 5.64. The van der Waals surface area contributed by atoms with E-state index in [2.05, 4.69) is 20.7 Å². The van der Waals surface area contributed by atoms with Gasteiger partial charge < -0.3 is 10.6 Å². The van der Waals surface area contributed by atoms with Crippen molar-refractivity contribution in [3.05, 3.63) is 35.4 Å². The van der Waals surface area contributed by atoms with Crippen molar-refractivity contribution in [1.29, 1.82) is 0 Å². The van der Waals surface area contributed by atoms with E-state index in [9.17, 15) is 14.0 Å². The van der Waals surface area contributed by atoms with E-state index in [1.807, 2.05) is 0 Å². The van der Waals surface area contributed by atoms with E-state index in [-0.39, 0.29) is 23.3 Å². The van der Waals surface area contributed by atoms with Crippen LogP contribution in [0.3, 0.4) is 0 Å². The molecule has 2 heterocycles. The number of benzene rings is 1. The molecule has 1 aromatic heterocycles. The standard InChI is InChI=1S/C12H9ClFN5O2/c13-7-3-6(1-2-8(7)14)17-11(21)9-4-10(20)19-12(18-9)15-5-16-19/h1-3,5,9H,4H2,(H,17,21)(H,15,16,18)/t9-/m1/s1. The van der Waals surface area contributed by atoms with Crippen LogP contribution in [-0.2, 0) is 4.79 Å². The van der Waals surface area contributed by atoms with Gasteiger partial charge in [0.2, 0.25) is 11.9 Å². The van der Waals surface area contributed by atoms with Crippen LogP contribution < -0.4 is 10.6 Å². The van der Waals surface area contributed by atoms with E-state index in [1.165, 1.54) is 18.5 Å². The van der Waals surface area contributed by atoms with Crippen LogP contribution in [-0.4, -0.2) is 32.6 Å². The fourth-order valence-electron chi connectivity index (χ4n) is 1.95. The van der Waals surface area contributed by atoms with E-state index >= 15 is 0 Å². The van der Waals surface area contributed by atoms with Gasteiger partial charge in [0.15, 0.2) is 0 Å². The van der Waals surface area contributed by atoms with Crippen molar-refractivity contribution >= 4 is 35.1 Å². The highest BCUT2D eigenvalue weighted by Crippen LogP contribution is 2.21. The number of aromatic nitrogens is 3. The Kier molecular flexibility index (Phi) is 3.30. The first kappa shape index (κ1) is 13.5. The lowest BCUT2D eigenvalue weighted by Gasteiger charge is -2.22. The Balaban J connectivity index is 1.74. The van der Waals surface area contributed by atoms with E-state index in [0.717, 1.165) is 10.7 Å².